The average Bonchev–Trinajstić information content (AvgIpc) is 2.05. The standard InChI is InChI=1S/C9H12BrN/c1-7(2)8-3-5-9(11-10)6-4-8/h3-7,11H,1-2H3. The zero-order valence-electron chi connectivity index (χ0n) is 6.76. The molecule has 0 atom stereocenters. The molecule has 0 heterocycles. The van der Waals surface area contributed by atoms with Gasteiger partial charge in [0.05, 0.1) is 0 Å². The first-order valence-electron chi connectivity index (χ1n) is 3.70. The highest BCUT2D eigenvalue weighted by molar-refractivity contribution is 9.10. The summed E-state index contributed by atoms with van der Waals surface area (Å²) in [5.41, 5.74) is 2.46. The molecule has 1 N–H and O–H groups in total. The van der Waals surface area contributed by atoms with Crippen molar-refractivity contribution in [2.24, 2.45) is 0 Å². The van der Waals surface area contributed by atoms with Crippen molar-refractivity contribution in [3.63, 3.8) is 0 Å². The minimum absolute atomic E-state index is 0.611. The Balaban J connectivity index is 2.83. The molecule has 0 aliphatic carbocycles. The summed E-state index contributed by atoms with van der Waals surface area (Å²) in [6.07, 6.45) is 0. The topological polar surface area (TPSA) is 12.0 Å². The number of anilines is 1. The summed E-state index contributed by atoms with van der Waals surface area (Å²) in [7, 11) is 0. The molecule has 2 heteroatoms. The molecule has 1 rings (SSSR count). The van der Waals surface area contributed by atoms with E-state index in [1.54, 1.807) is 0 Å². The number of rotatable bonds is 2. The van der Waals surface area contributed by atoms with Gasteiger partial charge in [0.2, 0.25) is 0 Å². The van der Waals surface area contributed by atoms with Crippen molar-refractivity contribution < 1.29 is 0 Å². The van der Waals surface area contributed by atoms with Crippen LogP contribution >= 0.6 is 16.1 Å². The molecule has 11 heavy (non-hydrogen) atoms. The Morgan fingerprint density at radius 1 is 1.18 bits per heavy atom. The van der Waals surface area contributed by atoms with Gasteiger partial charge in [0, 0.05) is 21.8 Å². The predicted molar refractivity (Wildman–Crippen MR) is 53.1 cm³/mol. The minimum atomic E-state index is 0.611. The first-order chi connectivity index (χ1) is 5.24. The zero-order chi connectivity index (χ0) is 8.27. The van der Waals surface area contributed by atoms with Crippen LogP contribution in [0.4, 0.5) is 5.69 Å². The quantitative estimate of drug-likeness (QED) is 0.742. The van der Waals surface area contributed by atoms with Crippen LogP contribution in [0.1, 0.15) is 25.3 Å². The van der Waals surface area contributed by atoms with Crippen molar-refractivity contribution in [3.05, 3.63) is 29.8 Å². The Morgan fingerprint density at radius 2 is 1.73 bits per heavy atom. The van der Waals surface area contributed by atoms with E-state index in [1.165, 1.54) is 5.56 Å². The second-order valence-electron chi connectivity index (χ2n) is 2.87. The van der Waals surface area contributed by atoms with Crippen molar-refractivity contribution in [1.29, 1.82) is 0 Å². The number of halogens is 1. The lowest BCUT2D eigenvalue weighted by Crippen LogP contribution is -1.86. The van der Waals surface area contributed by atoms with E-state index in [2.05, 4.69) is 58.6 Å². The average molecular weight is 214 g/mol. The van der Waals surface area contributed by atoms with Gasteiger partial charge < -0.3 is 4.34 Å². The molecule has 0 amide bonds. The van der Waals surface area contributed by atoms with E-state index in [4.69, 9.17) is 0 Å². The lowest BCUT2D eigenvalue weighted by molar-refractivity contribution is 0.867. The molecule has 0 radical (unpaired) electrons. The lowest BCUT2D eigenvalue weighted by atomic mass is 10.0. The molecule has 60 valence electrons. The zero-order valence-corrected chi connectivity index (χ0v) is 8.35. The molecule has 0 aromatic heterocycles. The summed E-state index contributed by atoms with van der Waals surface area (Å²) in [6.45, 7) is 4.38. The maximum Gasteiger partial charge on any atom is 0.0465 e. The molecule has 0 fully saturated rings. The van der Waals surface area contributed by atoms with Gasteiger partial charge >= 0.3 is 0 Å². The maximum atomic E-state index is 3.17. The number of hydrogen-bond acceptors (Lipinski definition) is 1. The third-order valence-electron chi connectivity index (χ3n) is 1.69. The molecular formula is C9H12BrN. The molecule has 1 aromatic rings. The van der Waals surface area contributed by atoms with E-state index in [1.807, 2.05) is 0 Å². The van der Waals surface area contributed by atoms with Gasteiger partial charge in [-0.1, -0.05) is 26.0 Å². The fourth-order valence-electron chi connectivity index (χ4n) is 0.931. The summed E-state index contributed by atoms with van der Waals surface area (Å²) in [5.74, 6) is 0.611. The van der Waals surface area contributed by atoms with Gasteiger partial charge in [0.1, 0.15) is 0 Å². The van der Waals surface area contributed by atoms with Gasteiger partial charge in [-0.05, 0) is 23.6 Å². The molecule has 0 unspecified atom stereocenters. The van der Waals surface area contributed by atoms with Gasteiger partial charge in [0.25, 0.3) is 0 Å². The molecule has 0 saturated heterocycles. The molecular weight excluding hydrogens is 202 g/mol. The number of nitrogens with one attached hydrogen (secondary N) is 1. The minimum Gasteiger partial charge on any atom is -0.322 e. The summed E-state index contributed by atoms with van der Waals surface area (Å²) < 4.78 is 2.91. The Labute approximate surface area is 76.2 Å². The van der Waals surface area contributed by atoms with Crippen molar-refractivity contribution in [3.8, 4) is 0 Å². The van der Waals surface area contributed by atoms with Crippen molar-refractivity contribution in [1.82, 2.24) is 0 Å². The van der Waals surface area contributed by atoms with Gasteiger partial charge in [-0.3, -0.25) is 0 Å². The first kappa shape index (κ1) is 8.60. The largest absolute Gasteiger partial charge is 0.322 e. The molecule has 1 aromatic carbocycles. The first-order valence-corrected chi connectivity index (χ1v) is 4.50. The highest BCUT2D eigenvalue weighted by Crippen LogP contribution is 2.17. The Hall–Kier alpha value is -0.500. The third kappa shape index (κ3) is 2.22. The van der Waals surface area contributed by atoms with Crippen molar-refractivity contribution in [2.75, 3.05) is 4.34 Å². The van der Waals surface area contributed by atoms with Crippen LogP contribution in [0.5, 0.6) is 0 Å². The van der Waals surface area contributed by atoms with Gasteiger partial charge in [-0.2, -0.15) is 0 Å². The Kier molecular flexibility index (Phi) is 2.94. The van der Waals surface area contributed by atoms with E-state index in [9.17, 15) is 0 Å². The second kappa shape index (κ2) is 3.77. The van der Waals surface area contributed by atoms with E-state index in [0.29, 0.717) is 5.92 Å². The predicted octanol–water partition coefficient (Wildman–Crippen LogP) is 3.53. The van der Waals surface area contributed by atoms with Crippen LogP contribution < -0.4 is 4.34 Å². The fraction of sp³-hybridized carbons (Fsp3) is 0.333. The van der Waals surface area contributed by atoms with Crippen LogP contribution in [0, 0.1) is 0 Å². The van der Waals surface area contributed by atoms with Crippen LogP contribution in [0.3, 0.4) is 0 Å². The fourth-order valence-corrected chi connectivity index (χ4v) is 1.20. The summed E-state index contributed by atoms with van der Waals surface area (Å²) >= 11 is 3.17. The van der Waals surface area contributed by atoms with Crippen LogP contribution in [0.2, 0.25) is 0 Å². The van der Waals surface area contributed by atoms with Crippen LogP contribution in [0.25, 0.3) is 0 Å². The molecule has 1 nitrogen and oxygen atoms in total. The number of benzene rings is 1. The maximum absolute atomic E-state index is 3.17. The highest BCUT2D eigenvalue weighted by atomic mass is 79.9. The third-order valence-corrected chi connectivity index (χ3v) is 2.14. The Bertz CT molecular complexity index is 216. The smallest absolute Gasteiger partial charge is 0.0465 e. The van der Waals surface area contributed by atoms with Gasteiger partial charge in [0.15, 0.2) is 0 Å². The van der Waals surface area contributed by atoms with Gasteiger partial charge in [-0.25, -0.2) is 0 Å². The van der Waals surface area contributed by atoms with Crippen LogP contribution in [0.15, 0.2) is 24.3 Å². The highest BCUT2D eigenvalue weighted by Gasteiger charge is 1.96. The lowest BCUT2D eigenvalue weighted by Gasteiger charge is -2.05. The Morgan fingerprint density at radius 3 is 2.09 bits per heavy atom. The van der Waals surface area contributed by atoms with Crippen molar-refractivity contribution in [2.45, 2.75) is 19.8 Å². The second-order valence-corrected chi connectivity index (χ2v) is 3.27. The van der Waals surface area contributed by atoms with Crippen LogP contribution in [-0.4, -0.2) is 0 Å². The molecule has 0 bridgehead atoms. The van der Waals surface area contributed by atoms with Gasteiger partial charge in [-0.15, -0.1) is 0 Å². The summed E-state index contributed by atoms with van der Waals surface area (Å²) in [6, 6.07) is 8.39. The SMILES string of the molecule is CC(C)c1ccc(NBr)cc1. The summed E-state index contributed by atoms with van der Waals surface area (Å²) in [4.78, 5) is 0. The number of hydrogen-bond donors (Lipinski definition) is 1. The molecule has 0 aliphatic rings. The van der Waals surface area contributed by atoms with E-state index >= 15 is 0 Å². The van der Waals surface area contributed by atoms with E-state index in [0.717, 1.165) is 5.69 Å². The van der Waals surface area contributed by atoms with Crippen molar-refractivity contribution >= 4 is 21.8 Å². The van der Waals surface area contributed by atoms with E-state index < -0.39 is 0 Å². The normalized spacial score (nSPS) is 10.2. The monoisotopic (exact) mass is 213 g/mol. The molecule has 0 saturated carbocycles. The molecule has 0 spiro atoms. The summed E-state index contributed by atoms with van der Waals surface area (Å²) in [5, 5.41) is 0. The molecule has 0 aliphatic heterocycles. The van der Waals surface area contributed by atoms with E-state index in [-0.39, 0.29) is 0 Å². The van der Waals surface area contributed by atoms with Crippen LogP contribution in [-0.2, 0) is 0 Å².